The molecule has 0 aromatic carbocycles. The first kappa shape index (κ1) is 28.8. The van der Waals surface area contributed by atoms with Crippen LogP contribution in [0.15, 0.2) is 12.7 Å². The Balaban J connectivity index is 1.87. The largest absolute Gasteiger partial charge is 0.396 e. The zero-order valence-electron chi connectivity index (χ0n) is 22.5. The lowest BCUT2D eigenvalue weighted by atomic mass is 9.51. The van der Waals surface area contributed by atoms with E-state index in [1.54, 1.807) is 6.08 Å². The molecule has 3 rings (SSSR count). The molecule has 2 unspecified atom stereocenters. The Morgan fingerprint density at radius 2 is 1.74 bits per heavy atom. The molecule has 0 aliphatic heterocycles. The first-order valence-corrected chi connectivity index (χ1v) is 13.8. The van der Waals surface area contributed by atoms with Crippen LogP contribution in [0.3, 0.4) is 0 Å². The summed E-state index contributed by atoms with van der Waals surface area (Å²) in [5, 5.41) is 54.0. The van der Waals surface area contributed by atoms with Crippen LogP contribution in [0.4, 0.5) is 0 Å². The number of ketones is 1. The number of carbonyl (C=O) groups is 1. The lowest BCUT2D eigenvalue weighted by Crippen LogP contribution is -2.57. The molecular weight excluding hydrogens is 444 g/mol. The van der Waals surface area contributed by atoms with Crippen molar-refractivity contribution in [2.75, 3.05) is 6.61 Å². The minimum Gasteiger partial charge on any atom is -0.396 e. The third kappa shape index (κ3) is 5.03. The Morgan fingerprint density at radius 1 is 1.09 bits per heavy atom. The summed E-state index contributed by atoms with van der Waals surface area (Å²) in [6.45, 7) is 13.5. The molecule has 202 valence electrons. The van der Waals surface area contributed by atoms with E-state index in [9.17, 15) is 30.3 Å². The molecule has 0 radical (unpaired) electrons. The van der Waals surface area contributed by atoms with Crippen molar-refractivity contribution in [1.29, 1.82) is 0 Å². The van der Waals surface area contributed by atoms with E-state index in [0.29, 0.717) is 44.9 Å². The van der Waals surface area contributed by atoms with Crippen molar-refractivity contribution in [3.8, 4) is 0 Å². The van der Waals surface area contributed by atoms with Gasteiger partial charge in [0.1, 0.15) is 5.78 Å². The highest BCUT2D eigenvalue weighted by Crippen LogP contribution is 2.61. The Bertz CT molecular complexity index is 779. The summed E-state index contributed by atoms with van der Waals surface area (Å²) in [5.74, 6) is -0.556. The van der Waals surface area contributed by atoms with Crippen molar-refractivity contribution in [3.05, 3.63) is 12.7 Å². The van der Waals surface area contributed by atoms with Gasteiger partial charge in [-0.3, -0.25) is 4.79 Å². The third-order valence-corrected chi connectivity index (χ3v) is 10.9. The van der Waals surface area contributed by atoms with Gasteiger partial charge in [0.2, 0.25) is 0 Å². The normalized spacial score (nSPS) is 43.5. The Kier molecular flexibility index (Phi) is 8.36. The second-order valence-electron chi connectivity index (χ2n) is 13.1. The number of fused-ring (bicyclic) bond motifs is 1. The number of carbonyl (C=O) groups excluding carboxylic acids is 1. The maximum atomic E-state index is 14.0. The summed E-state index contributed by atoms with van der Waals surface area (Å²) in [6, 6.07) is 0. The zero-order chi connectivity index (χ0) is 26.4. The van der Waals surface area contributed by atoms with Gasteiger partial charge >= 0.3 is 0 Å². The first-order chi connectivity index (χ1) is 16.2. The van der Waals surface area contributed by atoms with Crippen LogP contribution in [0.5, 0.6) is 0 Å². The number of Topliss-reactive ketones (excluding diaryl/α,β-unsaturated/α-hetero) is 1. The van der Waals surface area contributed by atoms with Gasteiger partial charge in [-0.1, -0.05) is 33.8 Å². The smallest absolute Gasteiger partial charge is 0.142 e. The second-order valence-corrected chi connectivity index (χ2v) is 13.1. The summed E-state index contributed by atoms with van der Waals surface area (Å²) >= 11 is 0. The van der Waals surface area contributed by atoms with Gasteiger partial charge in [-0.05, 0) is 93.8 Å². The van der Waals surface area contributed by atoms with Gasteiger partial charge in [0.25, 0.3) is 0 Å². The monoisotopic (exact) mass is 494 g/mol. The molecular formula is C29H50O6. The fraction of sp³-hybridized carbons (Fsp3) is 0.897. The van der Waals surface area contributed by atoms with Crippen LogP contribution in [-0.2, 0) is 4.79 Å². The molecule has 5 N–H and O–H groups in total. The van der Waals surface area contributed by atoms with Crippen LogP contribution < -0.4 is 0 Å². The summed E-state index contributed by atoms with van der Waals surface area (Å²) in [6.07, 6.45) is 5.26. The Labute approximate surface area is 211 Å². The minimum absolute atomic E-state index is 0.0278. The highest BCUT2D eigenvalue weighted by molar-refractivity contribution is 5.88. The lowest BCUT2D eigenvalue weighted by molar-refractivity contribution is -0.163. The molecule has 6 nitrogen and oxygen atoms in total. The van der Waals surface area contributed by atoms with E-state index in [1.807, 2.05) is 27.7 Å². The van der Waals surface area contributed by atoms with E-state index in [-0.39, 0.29) is 42.0 Å². The molecule has 0 bridgehead atoms. The van der Waals surface area contributed by atoms with E-state index >= 15 is 0 Å². The fourth-order valence-electron chi connectivity index (χ4n) is 8.31. The fourth-order valence-corrected chi connectivity index (χ4v) is 8.31. The molecule has 3 fully saturated rings. The molecule has 3 aliphatic rings. The molecule has 0 aromatic heterocycles. The topological polar surface area (TPSA) is 118 Å². The highest BCUT2D eigenvalue weighted by Gasteiger charge is 2.61. The number of aliphatic hydroxyl groups is 5. The van der Waals surface area contributed by atoms with Crippen molar-refractivity contribution in [2.45, 2.75) is 116 Å². The maximum Gasteiger partial charge on any atom is 0.142 e. The predicted molar refractivity (Wildman–Crippen MR) is 136 cm³/mol. The van der Waals surface area contributed by atoms with Gasteiger partial charge in [-0.25, -0.2) is 0 Å². The molecule has 10 atom stereocenters. The van der Waals surface area contributed by atoms with Crippen LogP contribution in [0.1, 0.15) is 92.4 Å². The van der Waals surface area contributed by atoms with Gasteiger partial charge in [0.05, 0.1) is 23.4 Å². The van der Waals surface area contributed by atoms with E-state index in [4.69, 9.17) is 0 Å². The summed E-state index contributed by atoms with van der Waals surface area (Å²) in [5.41, 5.74) is -3.25. The van der Waals surface area contributed by atoms with Gasteiger partial charge in [-0.2, -0.15) is 0 Å². The van der Waals surface area contributed by atoms with Crippen molar-refractivity contribution in [3.63, 3.8) is 0 Å². The van der Waals surface area contributed by atoms with Gasteiger partial charge in [-0.15, -0.1) is 6.58 Å². The number of hydrogen-bond acceptors (Lipinski definition) is 6. The third-order valence-electron chi connectivity index (χ3n) is 10.9. The van der Waals surface area contributed by atoms with Crippen LogP contribution in [0.2, 0.25) is 0 Å². The van der Waals surface area contributed by atoms with Crippen molar-refractivity contribution < 1.29 is 30.3 Å². The van der Waals surface area contributed by atoms with Crippen LogP contribution in [0, 0.1) is 40.4 Å². The minimum atomic E-state index is -1.08. The van der Waals surface area contributed by atoms with E-state index < -0.39 is 34.2 Å². The molecule has 0 amide bonds. The average Bonchev–Trinajstić information content (AvgIpc) is 3.13. The van der Waals surface area contributed by atoms with E-state index in [2.05, 4.69) is 13.5 Å². The Hall–Kier alpha value is -0.790. The van der Waals surface area contributed by atoms with Crippen molar-refractivity contribution in [2.24, 2.45) is 40.4 Å². The van der Waals surface area contributed by atoms with Gasteiger partial charge in [0, 0.05) is 17.9 Å². The molecule has 0 saturated heterocycles. The van der Waals surface area contributed by atoms with Crippen molar-refractivity contribution >= 4 is 5.78 Å². The zero-order valence-corrected chi connectivity index (χ0v) is 22.5. The molecule has 0 heterocycles. The quantitative estimate of drug-likeness (QED) is 0.313. The van der Waals surface area contributed by atoms with Gasteiger partial charge < -0.3 is 25.5 Å². The number of rotatable bonds is 9. The second kappa shape index (κ2) is 10.2. The summed E-state index contributed by atoms with van der Waals surface area (Å²) < 4.78 is 0. The molecule has 0 aromatic rings. The molecule has 6 heteroatoms. The summed E-state index contributed by atoms with van der Waals surface area (Å²) in [7, 11) is 0. The molecule has 3 aliphatic carbocycles. The van der Waals surface area contributed by atoms with E-state index in [1.165, 1.54) is 0 Å². The SMILES string of the molecule is C=CC(O)(CC[C@](C)(O)[C@H]1CC[C@@H](C2C[C@H](O)[C@H]3C[C@@H](O)CC[C@]3(C)C2=O)[C@]1(C)CCO)C(C)C. The standard InChI is InChI=1S/C29H50O6/c1-7-29(35,18(2)3)13-12-28(6,34)24-9-8-21(26(24,4)14-15-30)20-17-23(32)22-16-19(31)10-11-27(22,5)25(20)33/h7,18-24,30-32,34-35H,1,8-17H2,2-6H3/t19-,20?,21-,22+,23-,24-,26-,27-,28-,29?/m0/s1. The number of aliphatic hydroxyl groups excluding tert-OH is 3. The first-order valence-electron chi connectivity index (χ1n) is 13.8. The summed E-state index contributed by atoms with van der Waals surface area (Å²) in [4.78, 5) is 14.0. The van der Waals surface area contributed by atoms with Gasteiger partial charge in [0.15, 0.2) is 0 Å². The molecule has 35 heavy (non-hydrogen) atoms. The maximum absolute atomic E-state index is 14.0. The van der Waals surface area contributed by atoms with E-state index in [0.717, 1.165) is 12.8 Å². The average molecular weight is 495 g/mol. The number of hydrogen-bond donors (Lipinski definition) is 5. The lowest BCUT2D eigenvalue weighted by Gasteiger charge is -2.53. The van der Waals surface area contributed by atoms with Crippen LogP contribution >= 0.6 is 0 Å². The predicted octanol–water partition coefficient (Wildman–Crippen LogP) is 3.62. The highest BCUT2D eigenvalue weighted by atomic mass is 16.3. The molecule has 3 saturated carbocycles. The van der Waals surface area contributed by atoms with Crippen LogP contribution in [0.25, 0.3) is 0 Å². The molecule has 0 spiro atoms. The van der Waals surface area contributed by atoms with Crippen molar-refractivity contribution in [1.82, 2.24) is 0 Å². The Morgan fingerprint density at radius 3 is 2.31 bits per heavy atom. The van der Waals surface area contributed by atoms with Crippen LogP contribution in [-0.4, -0.2) is 61.3 Å².